The van der Waals surface area contributed by atoms with Crippen molar-refractivity contribution >= 4 is 28.0 Å². The molecule has 6 aromatic rings. The summed E-state index contributed by atoms with van der Waals surface area (Å²) >= 11 is 0. The van der Waals surface area contributed by atoms with E-state index in [-0.39, 0.29) is 12.0 Å². The number of fused-ring (bicyclic) bond motifs is 2. The minimum Gasteiger partial charge on any atom is -0.496 e. The number of rotatable bonds is 10. The van der Waals surface area contributed by atoms with Gasteiger partial charge in [-0.3, -0.25) is 14.6 Å². The van der Waals surface area contributed by atoms with E-state index in [0.29, 0.717) is 85.6 Å². The van der Waals surface area contributed by atoms with Gasteiger partial charge < -0.3 is 24.1 Å². The van der Waals surface area contributed by atoms with E-state index in [1.54, 1.807) is 18.9 Å². The summed E-state index contributed by atoms with van der Waals surface area (Å²) in [6.45, 7) is 5.94. The maximum Gasteiger partial charge on any atom is 0.306 e. The van der Waals surface area contributed by atoms with Crippen LogP contribution < -0.4 is 9.47 Å². The van der Waals surface area contributed by atoms with E-state index in [4.69, 9.17) is 29.0 Å². The topological polar surface area (TPSA) is 163 Å². The fourth-order valence-corrected chi connectivity index (χ4v) is 7.90. The van der Waals surface area contributed by atoms with Crippen molar-refractivity contribution in [2.24, 2.45) is 5.92 Å². The SMILES string of the molecule is COc1cc(-n2ncc3c(-c4cccc(-c5nc6cc(CN7CCC(C(=O)O)CC7)cc(C#N)c6o5)c4C)cccc32)nc(OC)c1CN1CC[C@@H](O)C1. The minimum absolute atomic E-state index is 0.302. The Kier molecular flexibility index (Phi) is 9.49. The van der Waals surface area contributed by atoms with E-state index in [1.165, 1.54) is 0 Å². The van der Waals surface area contributed by atoms with Crippen LogP contribution in [-0.2, 0) is 17.9 Å². The first-order valence-corrected chi connectivity index (χ1v) is 18.1. The molecule has 0 spiro atoms. The largest absolute Gasteiger partial charge is 0.496 e. The Morgan fingerprint density at radius 3 is 2.44 bits per heavy atom. The van der Waals surface area contributed by atoms with E-state index < -0.39 is 5.97 Å². The Balaban J connectivity index is 1.11. The number of carboxylic acid groups (broad SMARTS) is 1. The van der Waals surface area contributed by atoms with Gasteiger partial charge in [0.1, 0.15) is 17.3 Å². The summed E-state index contributed by atoms with van der Waals surface area (Å²) in [5, 5.41) is 35.2. The molecule has 0 amide bonds. The molecule has 0 unspecified atom stereocenters. The fourth-order valence-electron chi connectivity index (χ4n) is 7.90. The first-order chi connectivity index (χ1) is 26.2. The molecule has 13 heteroatoms. The van der Waals surface area contributed by atoms with Crippen LogP contribution in [0.25, 0.3) is 50.4 Å². The number of nitrogens with zero attached hydrogens (tertiary/aromatic N) is 7. The number of methoxy groups -OCH3 is 2. The first kappa shape index (κ1) is 35.2. The molecule has 1 atom stereocenters. The quantitative estimate of drug-likeness (QED) is 0.171. The van der Waals surface area contributed by atoms with Gasteiger partial charge in [-0.25, -0.2) is 9.67 Å². The number of nitriles is 1. The maximum atomic E-state index is 11.4. The van der Waals surface area contributed by atoms with Crippen molar-refractivity contribution in [1.82, 2.24) is 29.5 Å². The number of carbonyl (C=O) groups is 1. The number of aliphatic carboxylic acids is 1. The highest BCUT2D eigenvalue weighted by Gasteiger charge is 2.27. The summed E-state index contributed by atoms with van der Waals surface area (Å²) in [5.41, 5.74) is 7.80. The molecule has 2 saturated heterocycles. The number of aliphatic hydroxyl groups is 1. The number of aromatic nitrogens is 4. The fraction of sp³-hybridized carbons (Fsp3) is 0.341. The van der Waals surface area contributed by atoms with Crippen LogP contribution in [0, 0.1) is 24.2 Å². The lowest BCUT2D eigenvalue weighted by atomic mass is 9.94. The normalized spacial score (nSPS) is 17.0. The van der Waals surface area contributed by atoms with Crippen LogP contribution in [0.15, 0.2) is 65.2 Å². The number of hydrogen-bond acceptors (Lipinski definition) is 11. The first-order valence-electron chi connectivity index (χ1n) is 18.1. The molecule has 2 aliphatic heterocycles. The highest BCUT2D eigenvalue weighted by molar-refractivity contribution is 5.97. The molecule has 5 heterocycles. The molecule has 54 heavy (non-hydrogen) atoms. The van der Waals surface area contributed by atoms with Gasteiger partial charge in [0, 0.05) is 43.2 Å². The molecule has 2 aliphatic rings. The van der Waals surface area contributed by atoms with Crippen molar-refractivity contribution < 1.29 is 28.9 Å². The Hall–Kier alpha value is -5.81. The second kappa shape index (κ2) is 14.5. The molecule has 2 N–H and O–H groups in total. The summed E-state index contributed by atoms with van der Waals surface area (Å²) in [6, 6.07) is 20.0. The van der Waals surface area contributed by atoms with Crippen molar-refractivity contribution in [2.45, 2.75) is 45.4 Å². The summed E-state index contributed by atoms with van der Waals surface area (Å²) < 4.78 is 19.7. The average Bonchev–Trinajstić information content (AvgIpc) is 3.93. The molecular formula is C41H41N7O6. The summed E-state index contributed by atoms with van der Waals surface area (Å²) in [7, 11) is 3.22. The van der Waals surface area contributed by atoms with Crippen LogP contribution >= 0.6 is 0 Å². The van der Waals surface area contributed by atoms with Gasteiger partial charge >= 0.3 is 5.97 Å². The molecule has 0 aliphatic carbocycles. The number of pyridine rings is 1. The Bertz CT molecular complexity index is 2400. The van der Waals surface area contributed by atoms with Crippen molar-refractivity contribution in [2.75, 3.05) is 40.4 Å². The second-order valence-electron chi connectivity index (χ2n) is 14.1. The van der Waals surface area contributed by atoms with Gasteiger partial charge in [-0.15, -0.1) is 0 Å². The van der Waals surface area contributed by atoms with Gasteiger partial charge in [-0.05, 0) is 85.8 Å². The standard InChI is InChI=1S/C41H41N7O6/c1-24-29(6-4-7-30(24)40-44-34-17-25(16-27(19-42)38(34)54-40)21-46-13-10-26(11-14-46)41(50)51)31-8-5-9-35-32(31)20-43-48(35)37-18-36(52-2)33(39(45-37)53-3)23-47-15-12-28(49)22-47/h4-9,16-18,20,26,28,49H,10-15,21-23H2,1-3H3,(H,50,51)/t28-/m1/s1. The lowest BCUT2D eigenvalue weighted by Crippen LogP contribution is -2.35. The molecule has 0 radical (unpaired) electrons. The van der Waals surface area contributed by atoms with Crippen LogP contribution in [0.5, 0.6) is 11.6 Å². The van der Waals surface area contributed by atoms with Gasteiger partial charge in [-0.2, -0.15) is 15.3 Å². The number of benzene rings is 3. The lowest BCUT2D eigenvalue weighted by Gasteiger charge is -2.30. The predicted molar refractivity (Wildman–Crippen MR) is 201 cm³/mol. The van der Waals surface area contributed by atoms with E-state index in [2.05, 4.69) is 28.0 Å². The minimum atomic E-state index is -0.735. The van der Waals surface area contributed by atoms with Crippen LogP contribution in [0.3, 0.4) is 0 Å². The van der Waals surface area contributed by atoms with Crippen LogP contribution in [0.4, 0.5) is 0 Å². The number of carboxylic acids is 1. The van der Waals surface area contributed by atoms with Gasteiger partial charge in [0.15, 0.2) is 11.4 Å². The average molecular weight is 728 g/mol. The van der Waals surface area contributed by atoms with Gasteiger partial charge in [-0.1, -0.05) is 24.3 Å². The number of β-amino-alcohol motifs (C(OH)–C–C–N with tert-alkyl or cyclic N) is 1. The van der Waals surface area contributed by atoms with Gasteiger partial charge in [0.05, 0.1) is 49.1 Å². The molecular weight excluding hydrogens is 686 g/mol. The van der Waals surface area contributed by atoms with Crippen molar-refractivity contribution in [3.05, 3.63) is 83.0 Å². The lowest BCUT2D eigenvalue weighted by molar-refractivity contribution is -0.143. The molecule has 0 saturated carbocycles. The molecule has 3 aromatic heterocycles. The maximum absolute atomic E-state index is 11.4. The van der Waals surface area contributed by atoms with Crippen LogP contribution in [0.2, 0.25) is 0 Å². The number of ether oxygens (including phenoxy) is 2. The summed E-state index contributed by atoms with van der Waals surface area (Å²) in [4.78, 5) is 25.5. The zero-order chi connectivity index (χ0) is 37.5. The molecule has 3 aromatic carbocycles. The highest BCUT2D eigenvalue weighted by Crippen LogP contribution is 2.38. The predicted octanol–water partition coefficient (Wildman–Crippen LogP) is 5.96. The number of hydrogen-bond donors (Lipinski definition) is 2. The zero-order valence-corrected chi connectivity index (χ0v) is 30.5. The Morgan fingerprint density at radius 2 is 1.72 bits per heavy atom. The van der Waals surface area contributed by atoms with E-state index in [1.807, 2.05) is 55.6 Å². The number of likely N-dealkylation sites (tertiary alicyclic amines) is 2. The van der Waals surface area contributed by atoms with Crippen LogP contribution in [-0.4, -0.2) is 92.2 Å². The molecule has 276 valence electrons. The van der Waals surface area contributed by atoms with E-state index >= 15 is 0 Å². The molecule has 13 nitrogen and oxygen atoms in total. The van der Waals surface area contributed by atoms with E-state index in [0.717, 1.165) is 57.2 Å². The van der Waals surface area contributed by atoms with Crippen molar-refractivity contribution in [3.63, 3.8) is 0 Å². The van der Waals surface area contributed by atoms with Crippen molar-refractivity contribution in [3.8, 4) is 46.1 Å². The van der Waals surface area contributed by atoms with Crippen molar-refractivity contribution in [1.29, 1.82) is 5.26 Å². The third-order valence-electron chi connectivity index (χ3n) is 10.8. The molecule has 0 bridgehead atoms. The second-order valence-corrected chi connectivity index (χ2v) is 14.1. The van der Waals surface area contributed by atoms with Crippen LogP contribution in [0.1, 0.15) is 41.5 Å². The van der Waals surface area contributed by atoms with Gasteiger partial charge in [0.25, 0.3) is 0 Å². The number of piperidine rings is 1. The summed E-state index contributed by atoms with van der Waals surface area (Å²) in [5.74, 6) is 1.02. The number of oxazole rings is 1. The third kappa shape index (κ3) is 6.53. The zero-order valence-electron chi connectivity index (χ0n) is 30.5. The molecule has 2 fully saturated rings. The highest BCUT2D eigenvalue weighted by atomic mass is 16.5. The summed E-state index contributed by atoms with van der Waals surface area (Å²) in [6.07, 6.45) is 3.45. The Morgan fingerprint density at radius 1 is 0.963 bits per heavy atom. The van der Waals surface area contributed by atoms with Gasteiger partial charge in [0.2, 0.25) is 11.8 Å². The molecule has 8 rings (SSSR count). The smallest absolute Gasteiger partial charge is 0.306 e. The third-order valence-corrected chi connectivity index (χ3v) is 10.8. The Labute approximate surface area is 312 Å². The monoisotopic (exact) mass is 727 g/mol. The number of aliphatic hydroxyl groups excluding tert-OH is 1. The van der Waals surface area contributed by atoms with E-state index in [9.17, 15) is 20.3 Å².